The fraction of sp³-hybridized carbons (Fsp3) is 0.714. The minimum Gasteiger partial charge on any atom is -0.466 e. The number of fused-ring (bicyclic) bond motifs is 4. The van der Waals surface area contributed by atoms with Gasteiger partial charge in [-0.2, -0.15) is 0 Å². The van der Waals surface area contributed by atoms with Crippen molar-refractivity contribution in [2.24, 2.45) is 0 Å². The Kier molecular flexibility index (Phi) is 6.81. The Morgan fingerprint density at radius 1 is 1.11 bits per heavy atom. The van der Waals surface area contributed by atoms with Crippen LogP contribution in [0.25, 0.3) is 0 Å². The molecule has 1 saturated heterocycles. The number of hydrogen-bond acceptors (Lipinski definition) is 5. The average molecular weight is 473 g/mol. The minimum absolute atomic E-state index is 0.0845. The van der Waals surface area contributed by atoms with Crippen LogP contribution in [0, 0.1) is 0 Å². The lowest BCUT2D eigenvalue weighted by atomic mass is 9.93. The summed E-state index contributed by atoms with van der Waals surface area (Å²) in [5.41, 5.74) is 2.49. The monoisotopic (exact) mass is 472 g/mol. The summed E-state index contributed by atoms with van der Waals surface area (Å²) in [5.74, 6) is 1.65. The molecule has 1 aromatic rings. The quantitative estimate of drug-likeness (QED) is 0.334. The van der Waals surface area contributed by atoms with Gasteiger partial charge in [0.15, 0.2) is 13.1 Å². The zero-order chi connectivity index (χ0) is 20.6. The van der Waals surface area contributed by atoms with E-state index in [0.717, 1.165) is 28.0 Å². The van der Waals surface area contributed by atoms with Crippen molar-refractivity contribution in [3.8, 4) is 11.5 Å². The summed E-state index contributed by atoms with van der Waals surface area (Å²) in [4.78, 5) is 0. The number of rotatable bonds is 8. The van der Waals surface area contributed by atoms with Crippen LogP contribution in [0.1, 0.15) is 59.4 Å². The Morgan fingerprint density at radius 2 is 1.75 bits per heavy atom. The van der Waals surface area contributed by atoms with Gasteiger partial charge in [-0.1, -0.05) is 41.5 Å². The molecule has 2 aliphatic heterocycles. The van der Waals surface area contributed by atoms with E-state index in [1.807, 2.05) is 12.1 Å². The fourth-order valence-corrected chi connectivity index (χ4v) is 11.0. The summed E-state index contributed by atoms with van der Waals surface area (Å²) < 4.78 is 31.3. The highest BCUT2D eigenvalue weighted by Crippen LogP contribution is 2.54. The molecule has 0 amide bonds. The van der Waals surface area contributed by atoms with E-state index in [2.05, 4.69) is 57.5 Å². The lowest BCUT2D eigenvalue weighted by Crippen LogP contribution is -2.51. The first-order valence-electron chi connectivity index (χ1n) is 10.2. The molecular formula is C21H33BrO5Si. The summed E-state index contributed by atoms with van der Waals surface area (Å²) in [5, 5.41) is 0. The Balaban J connectivity index is 1.98. The molecule has 0 N–H and O–H groups in total. The predicted octanol–water partition coefficient (Wildman–Crippen LogP) is 6.17. The van der Waals surface area contributed by atoms with Crippen molar-refractivity contribution in [2.45, 2.75) is 83.1 Å². The molecule has 0 aromatic heterocycles. The van der Waals surface area contributed by atoms with Gasteiger partial charge in [-0.15, -0.1) is 0 Å². The van der Waals surface area contributed by atoms with Crippen LogP contribution in [-0.4, -0.2) is 34.8 Å². The number of methoxy groups -OCH3 is 1. The van der Waals surface area contributed by atoms with Crippen molar-refractivity contribution >= 4 is 24.2 Å². The third kappa shape index (κ3) is 3.76. The average Bonchev–Trinajstić information content (AvgIpc) is 2.94. The van der Waals surface area contributed by atoms with Gasteiger partial charge in [-0.05, 0) is 44.7 Å². The summed E-state index contributed by atoms with van der Waals surface area (Å²) >= 11 is 3.62. The molecule has 2 bridgehead atoms. The highest BCUT2D eigenvalue weighted by Gasteiger charge is 2.53. The maximum atomic E-state index is 6.99. The predicted molar refractivity (Wildman–Crippen MR) is 115 cm³/mol. The van der Waals surface area contributed by atoms with Gasteiger partial charge in [0.05, 0.1) is 4.47 Å². The van der Waals surface area contributed by atoms with Gasteiger partial charge >= 0.3 is 0 Å². The third-order valence-corrected chi connectivity index (χ3v) is 12.8. The normalized spacial score (nSPS) is 24.0. The van der Waals surface area contributed by atoms with Crippen molar-refractivity contribution in [2.75, 3.05) is 13.9 Å². The zero-order valence-electron chi connectivity index (χ0n) is 18.0. The summed E-state index contributed by atoms with van der Waals surface area (Å²) in [7, 11) is -0.469. The van der Waals surface area contributed by atoms with E-state index in [1.165, 1.54) is 0 Å². The molecule has 2 aliphatic rings. The highest BCUT2D eigenvalue weighted by molar-refractivity contribution is 9.10. The van der Waals surface area contributed by atoms with Crippen LogP contribution in [0.15, 0.2) is 16.6 Å². The van der Waals surface area contributed by atoms with Crippen LogP contribution in [0.2, 0.25) is 16.6 Å². The summed E-state index contributed by atoms with van der Waals surface area (Å²) in [6.45, 7) is 13.9. The van der Waals surface area contributed by atoms with Crippen molar-refractivity contribution in [1.29, 1.82) is 0 Å². The first kappa shape index (κ1) is 22.1. The third-order valence-electron chi connectivity index (χ3n) is 6.15. The molecule has 0 aliphatic carbocycles. The molecule has 0 spiro atoms. The number of hydrogen-bond donors (Lipinski definition) is 0. The molecular weight excluding hydrogens is 440 g/mol. The number of benzene rings is 1. The Labute approximate surface area is 178 Å². The maximum Gasteiger partial charge on any atom is 0.203 e. The van der Waals surface area contributed by atoms with Crippen LogP contribution in [0.3, 0.4) is 0 Å². The Bertz CT molecular complexity index is 672. The first-order chi connectivity index (χ1) is 13.2. The van der Waals surface area contributed by atoms with E-state index in [4.69, 9.17) is 23.4 Å². The molecule has 158 valence electrons. The second-order valence-corrected chi connectivity index (χ2v) is 14.9. The van der Waals surface area contributed by atoms with E-state index >= 15 is 0 Å². The van der Waals surface area contributed by atoms with Gasteiger partial charge in [-0.3, -0.25) is 0 Å². The second kappa shape index (κ2) is 8.64. The van der Waals surface area contributed by atoms with E-state index in [9.17, 15) is 0 Å². The van der Waals surface area contributed by atoms with Crippen LogP contribution in [0.5, 0.6) is 11.5 Å². The van der Waals surface area contributed by atoms with Gasteiger partial charge in [-0.25, -0.2) is 0 Å². The lowest BCUT2D eigenvalue weighted by Gasteiger charge is -2.44. The molecule has 28 heavy (non-hydrogen) atoms. The van der Waals surface area contributed by atoms with Crippen molar-refractivity contribution in [3.63, 3.8) is 0 Å². The first-order valence-corrected chi connectivity index (χ1v) is 13.1. The van der Waals surface area contributed by atoms with Gasteiger partial charge in [0.1, 0.15) is 11.5 Å². The van der Waals surface area contributed by atoms with Crippen LogP contribution < -0.4 is 9.47 Å². The summed E-state index contributed by atoms with van der Waals surface area (Å²) in [6.07, 6.45) is 0.192. The molecule has 2 heterocycles. The van der Waals surface area contributed by atoms with E-state index in [1.54, 1.807) is 7.11 Å². The van der Waals surface area contributed by atoms with E-state index in [-0.39, 0.29) is 25.3 Å². The minimum atomic E-state index is -2.09. The topological polar surface area (TPSA) is 46.2 Å². The van der Waals surface area contributed by atoms with E-state index in [0.29, 0.717) is 16.6 Å². The van der Waals surface area contributed by atoms with Gasteiger partial charge < -0.3 is 23.4 Å². The van der Waals surface area contributed by atoms with E-state index < -0.39 is 8.32 Å². The molecule has 0 saturated carbocycles. The van der Waals surface area contributed by atoms with Crippen molar-refractivity contribution in [3.05, 3.63) is 22.2 Å². The Hall–Kier alpha value is -0.603. The molecule has 1 aromatic carbocycles. The molecule has 1 fully saturated rings. The van der Waals surface area contributed by atoms with Crippen molar-refractivity contribution < 1.29 is 23.4 Å². The highest BCUT2D eigenvalue weighted by atomic mass is 79.9. The SMILES string of the molecule is COCOc1c(Br)ccc2c1[C@@H]1C[C@H](O2)O[C@H]1O[Si](C(C)C)(C(C)C)C(C)C. The van der Waals surface area contributed by atoms with Crippen LogP contribution >= 0.6 is 15.9 Å². The van der Waals surface area contributed by atoms with Gasteiger partial charge in [0.25, 0.3) is 0 Å². The fourth-order valence-electron chi connectivity index (χ4n) is 5.08. The van der Waals surface area contributed by atoms with Crippen LogP contribution in [0.4, 0.5) is 0 Å². The van der Waals surface area contributed by atoms with Crippen molar-refractivity contribution in [1.82, 2.24) is 0 Å². The smallest absolute Gasteiger partial charge is 0.203 e. The van der Waals surface area contributed by atoms with Crippen LogP contribution in [-0.2, 0) is 13.9 Å². The summed E-state index contributed by atoms with van der Waals surface area (Å²) in [6, 6.07) is 3.92. The number of halogens is 1. The molecule has 7 heteroatoms. The largest absolute Gasteiger partial charge is 0.466 e. The van der Waals surface area contributed by atoms with Gasteiger partial charge in [0, 0.05) is 25.0 Å². The molecule has 5 nitrogen and oxygen atoms in total. The molecule has 3 rings (SSSR count). The molecule has 0 radical (unpaired) electrons. The lowest BCUT2D eigenvalue weighted by molar-refractivity contribution is -0.141. The zero-order valence-corrected chi connectivity index (χ0v) is 20.5. The maximum absolute atomic E-state index is 6.99. The standard InChI is InChI=1S/C21H33BrO5Si/c1-12(2)28(13(3)4,14(5)6)27-21-15-10-18(26-21)25-17-9-8-16(22)20(19(15)17)24-11-23-7/h8-9,12-15,18,21H,10-11H2,1-7H3/t15-,18+,21-/m0/s1. The molecule has 0 unspecified atom stereocenters. The molecule has 3 atom stereocenters. The Morgan fingerprint density at radius 3 is 2.32 bits per heavy atom. The second-order valence-electron chi connectivity index (χ2n) is 8.67. The van der Waals surface area contributed by atoms with Gasteiger partial charge in [0.2, 0.25) is 14.6 Å². The number of ether oxygens (including phenoxy) is 4.